The van der Waals surface area contributed by atoms with Gasteiger partial charge in [0.05, 0.1) is 0 Å². The number of fused-ring (bicyclic) bond motifs is 2. The van der Waals surface area contributed by atoms with Crippen molar-refractivity contribution in [2.75, 3.05) is 0 Å². The van der Waals surface area contributed by atoms with Crippen LogP contribution >= 0.6 is 0 Å². The molecule has 1 aromatic carbocycles. The highest BCUT2D eigenvalue weighted by atomic mass is 14.7. The molecule has 98 valence electrons. The number of rotatable bonds is 4. The van der Waals surface area contributed by atoms with E-state index in [9.17, 15) is 0 Å². The van der Waals surface area contributed by atoms with Crippen molar-refractivity contribution < 1.29 is 0 Å². The Labute approximate surface area is 111 Å². The molecule has 0 aliphatic heterocycles. The number of aryl methyl sites for hydroxylation is 1. The fourth-order valence-corrected chi connectivity index (χ4v) is 4.36. The third kappa shape index (κ3) is 2.61. The summed E-state index contributed by atoms with van der Waals surface area (Å²) >= 11 is 0. The van der Waals surface area contributed by atoms with Gasteiger partial charge < -0.3 is 5.73 Å². The van der Waals surface area contributed by atoms with E-state index in [-0.39, 0.29) is 0 Å². The molecule has 1 unspecified atom stereocenters. The van der Waals surface area contributed by atoms with E-state index in [1.165, 1.54) is 50.5 Å². The van der Waals surface area contributed by atoms with Gasteiger partial charge in [-0.1, -0.05) is 30.3 Å². The summed E-state index contributed by atoms with van der Waals surface area (Å²) in [7, 11) is 0. The Morgan fingerprint density at radius 3 is 2.33 bits per heavy atom. The molecule has 2 aliphatic carbocycles. The lowest BCUT2D eigenvalue weighted by molar-refractivity contribution is 0.192. The second-order valence-electron chi connectivity index (χ2n) is 6.37. The summed E-state index contributed by atoms with van der Waals surface area (Å²) in [6.45, 7) is 0. The van der Waals surface area contributed by atoms with E-state index in [4.69, 9.17) is 5.73 Å². The van der Waals surface area contributed by atoms with Gasteiger partial charge in [0.15, 0.2) is 0 Å². The smallest absolute Gasteiger partial charge is 0.00443 e. The third-order valence-electron chi connectivity index (χ3n) is 5.18. The summed E-state index contributed by atoms with van der Waals surface area (Å²) in [6.07, 6.45) is 9.54. The Kier molecular flexibility index (Phi) is 3.69. The van der Waals surface area contributed by atoms with Crippen LogP contribution in [0.15, 0.2) is 30.3 Å². The molecule has 0 heterocycles. The van der Waals surface area contributed by atoms with Gasteiger partial charge >= 0.3 is 0 Å². The molecule has 2 bridgehead atoms. The van der Waals surface area contributed by atoms with E-state index in [2.05, 4.69) is 30.3 Å². The zero-order valence-electron chi connectivity index (χ0n) is 11.2. The minimum absolute atomic E-state index is 0.507. The van der Waals surface area contributed by atoms with Crippen molar-refractivity contribution >= 4 is 0 Å². The van der Waals surface area contributed by atoms with Crippen LogP contribution in [0.3, 0.4) is 0 Å². The van der Waals surface area contributed by atoms with Crippen molar-refractivity contribution in [3.63, 3.8) is 0 Å². The van der Waals surface area contributed by atoms with Gasteiger partial charge in [0.2, 0.25) is 0 Å². The van der Waals surface area contributed by atoms with Crippen LogP contribution in [0.4, 0.5) is 0 Å². The molecule has 0 aromatic heterocycles. The zero-order chi connectivity index (χ0) is 12.4. The Balaban J connectivity index is 1.49. The first-order valence-corrected chi connectivity index (χ1v) is 7.62. The van der Waals surface area contributed by atoms with E-state index in [0.717, 1.165) is 17.8 Å². The predicted octanol–water partition coefficient (Wildman–Crippen LogP) is 3.77. The number of benzene rings is 1. The van der Waals surface area contributed by atoms with Crippen molar-refractivity contribution in [3.8, 4) is 0 Å². The first kappa shape index (κ1) is 12.2. The number of hydrogen-bond acceptors (Lipinski definition) is 1. The standard InChI is InChI=1S/C17H25N/c18-16-11-14-9-10-15(12-16)17(14)8-4-7-13-5-2-1-3-6-13/h1-3,5-6,14-17H,4,7-12,18H2/t14-,15+,16-,17?. The van der Waals surface area contributed by atoms with E-state index in [1.54, 1.807) is 0 Å². The minimum Gasteiger partial charge on any atom is -0.328 e. The van der Waals surface area contributed by atoms with Crippen molar-refractivity contribution in [2.45, 2.75) is 51.0 Å². The molecule has 1 heteroatoms. The molecule has 0 saturated heterocycles. The van der Waals surface area contributed by atoms with Crippen molar-refractivity contribution in [1.29, 1.82) is 0 Å². The molecule has 2 aliphatic rings. The fourth-order valence-electron chi connectivity index (χ4n) is 4.36. The maximum absolute atomic E-state index is 6.14. The van der Waals surface area contributed by atoms with Gasteiger partial charge in [-0.15, -0.1) is 0 Å². The minimum atomic E-state index is 0.507. The molecule has 2 saturated carbocycles. The lowest BCUT2D eigenvalue weighted by atomic mass is 9.74. The van der Waals surface area contributed by atoms with Crippen molar-refractivity contribution in [3.05, 3.63) is 35.9 Å². The monoisotopic (exact) mass is 243 g/mol. The van der Waals surface area contributed by atoms with Crippen LogP contribution in [0.5, 0.6) is 0 Å². The average molecular weight is 243 g/mol. The SMILES string of the molecule is N[C@@H]1C[C@H]2CC[C@@H](C1)C2CCCc1ccccc1. The Morgan fingerprint density at radius 2 is 1.67 bits per heavy atom. The molecule has 2 fully saturated rings. The summed E-state index contributed by atoms with van der Waals surface area (Å²) < 4.78 is 0. The van der Waals surface area contributed by atoms with Crippen LogP contribution in [-0.2, 0) is 6.42 Å². The van der Waals surface area contributed by atoms with Crippen molar-refractivity contribution in [1.82, 2.24) is 0 Å². The van der Waals surface area contributed by atoms with Crippen LogP contribution in [-0.4, -0.2) is 6.04 Å². The Hall–Kier alpha value is -0.820. The summed E-state index contributed by atoms with van der Waals surface area (Å²) in [4.78, 5) is 0. The zero-order valence-corrected chi connectivity index (χ0v) is 11.2. The molecule has 0 spiro atoms. The highest BCUT2D eigenvalue weighted by Crippen LogP contribution is 2.48. The Morgan fingerprint density at radius 1 is 1.00 bits per heavy atom. The molecule has 1 nitrogen and oxygen atoms in total. The van der Waals surface area contributed by atoms with E-state index in [0.29, 0.717) is 6.04 Å². The van der Waals surface area contributed by atoms with Gasteiger partial charge in [0, 0.05) is 6.04 Å². The van der Waals surface area contributed by atoms with E-state index in [1.807, 2.05) is 0 Å². The van der Waals surface area contributed by atoms with Crippen LogP contribution in [0, 0.1) is 17.8 Å². The maximum atomic E-state index is 6.14. The molecule has 4 atom stereocenters. The summed E-state index contributed by atoms with van der Waals surface area (Å²) in [5.41, 5.74) is 7.64. The summed E-state index contributed by atoms with van der Waals surface area (Å²) in [5, 5.41) is 0. The summed E-state index contributed by atoms with van der Waals surface area (Å²) in [6, 6.07) is 11.4. The number of hydrogen-bond donors (Lipinski definition) is 1. The third-order valence-corrected chi connectivity index (χ3v) is 5.18. The first-order valence-electron chi connectivity index (χ1n) is 7.62. The summed E-state index contributed by atoms with van der Waals surface area (Å²) in [5.74, 6) is 2.90. The molecule has 1 aromatic rings. The van der Waals surface area contributed by atoms with Gasteiger partial charge in [-0.2, -0.15) is 0 Å². The predicted molar refractivity (Wildman–Crippen MR) is 76.3 cm³/mol. The Bertz CT molecular complexity index is 358. The van der Waals surface area contributed by atoms with Gasteiger partial charge in [-0.05, 0) is 68.3 Å². The highest BCUT2D eigenvalue weighted by molar-refractivity contribution is 5.14. The second kappa shape index (κ2) is 5.44. The molecular weight excluding hydrogens is 218 g/mol. The molecule has 0 radical (unpaired) electrons. The topological polar surface area (TPSA) is 26.0 Å². The highest BCUT2D eigenvalue weighted by Gasteiger charge is 2.40. The fraction of sp³-hybridized carbons (Fsp3) is 0.647. The molecule has 18 heavy (non-hydrogen) atoms. The van der Waals surface area contributed by atoms with Gasteiger partial charge in [0.1, 0.15) is 0 Å². The van der Waals surface area contributed by atoms with Crippen LogP contribution in [0.25, 0.3) is 0 Å². The maximum Gasteiger partial charge on any atom is 0.00443 e. The largest absolute Gasteiger partial charge is 0.328 e. The number of nitrogens with two attached hydrogens (primary N) is 1. The van der Waals surface area contributed by atoms with E-state index < -0.39 is 0 Å². The molecule has 2 N–H and O–H groups in total. The normalized spacial score (nSPS) is 34.7. The first-order chi connectivity index (χ1) is 8.83. The molecular formula is C17H25N. The lowest BCUT2D eigenvalue weighted by Crippen LogP contribution is -2.34. The van der Waals surface area contributed by atoms with E-state index >= 15 is 0 Å². The van der Waals surface area contributed by atoms with Crippen molar-refractivity contribution in [2.24, 2.45) is 23.5 Å². The van der Waals surface area contributed by atoms with Gasteiger partial charge in [0.25, 0.3) is 0 Å². The molecule has 3 rings (SSSR count). The van der Waals surface area contributed by atoms with Gasteiger partial charge in [-0.3, -0.25) is 0 Å². The van der Waals surface area contributed by atoms with Crippen LogP contribution in [0.1, 0.15) is 44.1 Å². The lowest BCUT2D eigenvalue weighted by Gasteiger charge is -2.33. The van der Waals surface area contributed by atoms with Crippen LogP contribution in [0.2, 0.25) is 0 Å². The van der Waals surface area contributed by atoms with Crippen LogP contribution < -0.4 is 5.73 Å². The second-order valence-corrected chi connectivity index (χ2v) is 6.37. The van der Waals surface area contributed by atoms with Gasteiger partial charge in [-0.25, -0.2) is 0 Å². The quantitative estimate of drug-likeness (QED) is 0.856. The molecule has 0 amide bonds. The average Bonchev–Trinajstić information content (AvgIpc) is 2.63.